The van der Waals surface area contributed by atoms with Crippen LogP contribution in [0.15, 0.2) is 42.0 Å². The Morgan fingerprint density at radius 1 is 1.22 bits per heavy atom. The lowest BCUT2D eigenvalue weighted by molar-refractivity contribution is 0.104. The van der Waals surface area contributed by atoms with E-state index in [1.54, 1.807) is 20.8 Å². The third-order valence-corrected chi connectivity index (χ3v) is 5.63. The van der Waals surface area contributed by atoms with Gasteiger partial charge in [-0.25, -0.2) is 13.1 Å². The van der Waals surface area contributed by atoms with Crippen molar-refractivity contribution in [3.05, 3.63) is 47.5 Å². The summed E-state index contributed by atoms with van der Waals surface area (Å²) in [6.45, 7) is 9.89. The summed E-state index contributed by atoms with van der Waals surface area (Å²) in [5.74, 6) is 0. The number of nitrogens with one attached hydrogen (secondary N) is 1. The van der Waals surface area contributed by atoms with E-state index in [1.165, 1.54) is 0 Å². The largest absolute Gasteiger partial charge is 0.375 e. The summed E-state index contributed by atoms with van der Waals surface area (Å²) >= 11 is 0. The van der Waals surface area contributed by atoms with E-state index in [0.717, 1.165) is 11.1 Å². The van der Waals surface area contributed by atoms with E-state index in [0.29, 0.717) is 19.6 Å². The summed E-state index contributed by atoms with van der Waals surface area (Å²) < 4.78 is 32.4. The minimum atomic E-state index is -3.40. The van der Waals surface area contributed by atoms with Gasteiger partial charge in [0.2, 0.25) is 10.0 Å². The van der Waals surface area contributed by atoms with Gasteiger partial charge in [0.1, 0.15) is 0 Å². The van der Waals surface area contributed by atoms with Crippen LogP contribution in [-0.4, -0.2) is 25.8 Å². The molecule has 0 spiro atoms. The Kier molecular flexibility index (Phi) is 7.45. The van der Waals surface area contributed by atoms with Crippen LogP contribution >= 0.6 is 0 Å². The maximum Gasteiger partial charge on any atom is 0.216 e. The topological polar surface area (TPSA) is 55.4 Å². The van der Waals surface area contributed by atoms with Gasteiger partial charge in [-0.15, -0.1) is 0 Å². The molecule has 1 aromatic carbocycles. The molecule has 5 heteroatoms. The van der Waals surface area contributed by atoms with E-state index in [-0.39, 0.29) is 6.04 Å². The molecule has 0 saturated carbocycles. The summed E-state index contributed by atoms with van der Waals surface area (Å²) in [4.78, 5) is 0. The first kappa shape index (κ1) is 19.9. The van der Waals surface area contributed by atoms with Gasteiger partial charge in [-0.2, -0.15) is 0 Å². The summed E-state index contributed by atoms with van der Waals surface area (Å²) in [5, 5.41) is 0. The molecule has 0 radical (unpaired) electrons. The molecule has 0 aliphatic heterocycles. The fraction of sp³-hybridized carbons (Fsp3) is 0.556. The fourth-order valence-electron chi connectivity index (χ4n) is 1.82. The zero-order chi connectivity index (χ0) is 17.5. The van der Waals surface area contributed by atoms with Gasteiger partial charge in [0.05, 0.1) is 18.0 Å². The third kappa shape index (κ3) is 7.29. The lowest BCUT2D eigenvalue weighted by atomic mass is 10.2. The minimum Gasteiger partial charge on any atom is -0.375 e. The average molecular weight is 340 g/mol. The number of rotatable bonds is 8. The van der Waals surface area contributed by atoms with E-state index in [9.17, 15) is 8.42 Å². The van der Waals surface area contributed by atoms with Gasteiger partial charge in [-0.3, -0.25) is 0 Å². The SMILES string of the molecule is CC(C)=CC[C@H](COCc1ccccc1)NS(=O)(=O)C(C)(C)C. The van der Waals surface area contributed by atoms with Crippen molar-refractivity contribution in [3.8, 4) is 0 Å². The van der Waals surface area contributed by atoms with Crippen molar-refractivity contribution in [3.63, 3.8) is 0 Å². The number of ether oxygens (including phenoxy) is 1. The Bertz CT molecular complexity index is 597. The van der Waals surface area contributed by atoms with Crippen molar-refractivity contribution >= 4 is 10.0 Å². The average Bonchev–Trinajstić information content (AvgIpc) is 2.44. The second-order valence-electron chi connectivity index (χ2n) is 6.95. The zero-order valence-electron chi connectivity index (χ0n) is 14.8. The van der Waals surface area contributed by atoms with Crippen LogP contribution in [0.25, 0.3) is 0 Å². The van der Waals surface area contributed by atoms with Crippen molar-refractivity contribution in [1.82, 2.24) is 4.72 Å². The highest BCUT2D eigenvalue weighted by Gasteiger charge is 2.31. The summed E-state index contributed by atoms with van der Waals surface area (Å²) in [5.41, 5.74) is 2.24. The maximum absolute atomic E-state index is 12.4. The van der Waals surface area contributed by atoms with Gasteiger partial charge in [0, 0.05) is 6.04 Å². The van der Waals surface area contributed by atoms with Gasteiger partial charge in [-0.1, -0.05) is 42.0 Å². The second kappa shape index (κ2) is 8.62. The molecule has 0 amide bonds. The normalized spacial score (nSPS) is 13.6. The quantitative estimate of drug-likeness (QED) is 0.736. The lowest BCUT2D eigenvalue weighted by Gasteiger charge is -2.25. The standard InChI is InChI=1S/C18H29NO3S/c1-15(2)11-12-17(19-23(20,21)18(3,4)5)14-22-13-16-9-7-6-8-10-16/h6-11,17,19H,12-14H2,1-5H3/t17-/m1/s1. The number of hydrogen-bond acceptors (Lipinski definition) is 3. The van der Waals surface area contributed by atoms with Crippen LogP contribution < -0.4 is 4.72 Å². The highest BCUT2D eigenvalue weighted by molar-refractivity contribution is 7.90. The van der Waals surface area contributed by atoms with E-state index in [2.05, 4.69) is 4.72 Å². The van der Waals surface area contributed by atoms with Gasteiger partial charge >= 0.3 is 0 Å². The molecule has 0 heterocycles. The molecule has 0 bridgehead atoms. The predicted molar refractivity (Wildman–Crippen MR) is 95.7 cm³/mol. The molecule has 0 fully saturated rings. The molecule has 0 saturated heterocycles. The molecule has 1 aromatic rings. The Labute approximate surface area is 141 Å². The van der Waals surface area contributed by atoms with Crippen LogP contribution in [-0.2, 0) is 21.4 Å². The third-order valence-electron chi connectivity index (χ3n) is 3.37. The highest BCUT2D eigenvalue weighted by atomic mass is 32.2. The molecular weight excluding hydrogens is 310 g/mol. The van der Waals surface area contributed by atoms with E-state index < -0.39 is 14.8 Å². The molecule has 1 rings (SSSR count). The van der Waals surface area contributed by atoms with Crippen LogP contribution in [0.2, 0.25) is 0 Å². The van der Waals surface area contributed by atoms with Crippen LogP contribution in [0, 0.1) is 0 Å². The van der Waals surface area contributed by atoms with Crippen molar-refractivity contribution in [2.24, 2.45) is 0 Å². The first-order valence-electron chi connectivity index (χ1n) is 7.89. The Hall–Kier alpha value is -1.17. The Morgan fingerprint density at radius 3 is 2.35 bits per heavy atom. The number of hydrogen-bond donors (Lipinski definition) is 1. The smallest absolute Gasteiger partial charge is 0.216 e. The van der Waals surface area contributed by atoms with Crippen molar-refractivity contribution in [2.75, 3.05) is 6.61 Å². The molecule has 23 heavy (non-hydrogen) atoms. The molecule has 1 atom stereocenters. The Morgan fingerprint density at radius 2 is 1.83 bits per heavy atom. The van der Waals surface area contributed by atoms with Crippen LogP contribution in [0.4, 0.5) is 0 Å². The first-order chi connectivity index (χ1) is 10.6. The van der Waals surface area contributed by atoms with E-state index in [1.807, 2.05) is 50.3 Å². The monoisotopic (exact) mass is 339 g/mol. The van der Waals surface area contributed by atoms with Crippen molar-refractivity contribution < 1.29 is 13.2 Å². The van der Waals surface area contributed by atoms with Gasteiger partial charge in [0.15, 0.2) is 0 Å². The molecule has 0 aromatic heterocycles. The molecule has 0 aliphatic rings. The predicted octanol–water partition coefficient (Wildman–Crippen LogP) is 3.65. The van der Waals surface area contributed by atoms with Crippen LogP contribution in [0.5, 0.6) is 0 Å². The molecule has 0 aliphatic carbocycles. The van der Waals surface area contributed by atoms with Gasteiger partial charge < -0.3 is 4.74 Å². The lowest BCUT2D eigenvalue weighted by Crippen LogP contribution is -2.46. The fourth-order valence-corrected chi connectivity index (χ4v) is 2.77. The molecule has 1 N–H and O–H groups in total. The molecule has 0 unspecified atom stereocenters. The van der Waals surface area contributed by atoms with E-state index >= 15 is 0 Å². The highest BCUT2D eigenvalue weighted by Crippen LogP contribution is 2.15. The zero-order valence-corrected chi connectivity index (χ0v) is 15.6. The van der Waals surface area contributed by atoms with Gasteiger partial charge in [-0.05, 0) is 46.6 Å². The van der Waals surface area contributed by atoms with Crippen LogP contribution in [0.1, 0.15) is 46.6 Å². The first-order valence-corrected chi connectivity index (χ1v) is 9.37. The summed E-state index contributed by atoms with van der Waals surface area (Å²) in [6, 6.07) is 9.59. The molecule has 4 nitrogen and oxygen atoms in total. The molecular formula is C18H29NO3S. The van der Waals surface area contributed by atoms with Crippen LogP contribution in [0.3, 0.4) is 0 Å². The summed E-state index contributed by atoms with van der Waals surface area (Å²) in [6.07, 6.45) is 2.65. The van der Waals surface area contributed by atoms with Crippen molar-refractivity contribution in [2.45, 2.75) is 58.4 Å². The number of allylic oxidation sites excluding steroid dienone is 1. The number of sulfonamides is 1. The maximum atomic E-state index is 12.4. The Balaban J connectivity index is 2.67. The summed E-state index contributed by atoms with van der Waals surface area (Å²) in [7, 11) is -3.40. The van der Waals surface area contributed by atoms with E-state index in [4.69, 9.17) is 4.74 Å². The molecule has 130 valence electrons. The minimum absolute atomic E-state index is 0.266. The van der Waals surface area contributed by atoms with Gasteiger partial charge in [0.25, 0.3) is 0 Å². The number of benzene rings is 1. The van der Waals surface area contributed by atoms with Crippen molar-refractivity contribution in [1.29, 1.82) is 0 Å². The second-order valence-corrected chi connectivity index (χ2v) is 9.42.